The number of aliphatic imine (C=N–C) groups is 3. The maximum absolute atomic E-state index is 13.2. The monoisotopic (exact) mass is 323 g/mol. The maximum Gasteiger partial charge on any atom is 0.188 e. The van der Waals surface area contributed by atoms with Crippen molar-refractivity contribution in [3.8, 4) is 0 Å². The molecule has 2 atom stereocenters. The van der Waals surface area contributed by atoms with Crippen LogP contribution in [0.3, 0.4) is 0 Å². The Bertz CT molecular complexity index is 613. The van der Waals surface area contributed by atoms with Crippen molar-refractivity contribution in [2.45, 2.75) is 38.6 Å². The molecule has 0 bridgehead atoms. The maximum atomic E-state index is 13.2. The number of nitrogens with zero attached hydrogens (tertiary/aromatic N) is 3. The van der Waals surface area contributed by atoms with Crippen molar-refractivity contribution in [1.82, 2.24) is 0 Å². The highest BCUT2D eigenvalue weighted by Crippen LogP contribution is 2.43. The molecule has 22 heavy (non-hydrogen) atoms. The lowest BCUT2D eigenvalue weighted by molar-refractivity contribution is 0.507. The number of amidine groups is 2. The first-order chi connectivity index (χ1) is 10.5. The lowest BCUT2D eigenvalue weighted by Gasteiger charge is -2.01. The van der Waals surface area contributed by atoms with Gasteiger partial charge in [0.15, 0.2) is 16.8 Å². The minimum absolute atomic E-state index is 0.0795. The summed E-state index contributed by atoms with van der Waals surface area (Å²) in [5.74, 6) is 0.0899. The number of rotatable bonds is 4. The Morgan fingerprint density at radius 2 is 2.14 bits per heavy atom. The van der Waals surface area contributed by atoms with Crippen molar-refractivity contribution < 1.29 is 8.78 Å². The van der Waals surface area contributed by atoms with Crippen LogP contribution in [0.2, 0.25) is 0 Å². The molecule has 0 radical (unpaired) electrons. The molecule has 1 aromatic carbocycles. The lowest BCUT2D eigenvalue weighted by Crippen LogP contribution is -1.97. The molecule has 0 heterocycles. The standard InChI is InChI=1S/C16H19F2N3S/c1-4-7-22-16(19-3)21-10(2)20-15-9-12(15)11-5-6-13(17)14(18)8-11/h5-6,8,12,15H,3-4,7,9H2,1-2H3. The minimum atomic E-state index is -0.820. The van der Waals surface area contributed by atoms with Crippen LogP contribution in [0, 0.1) is 11.6 Å². The summed E-state index contributed by atoms with van der Waals surface area (Å²) in [5, 5.41) is 0.619. The van der Waals surface area contributed by atoms with E-state index in [2.05, 4.69) is 28.6 Å². The lowest BCUT2D eigenvalue weighted by atomic mass is 10.1. The minimum Gasteiger partial charge on any atom is -0.267 e. The van der Waals surface area contributed by atoms with Crippen LogP contribution in [0.4, 0.5) is 8.78 Å². The fourth-order valence-corrected chi connectivity index (χ4v) is 2.81. The topological polar surface area (TPSA) is 37.1 Å². The molecule has 1 aliphatic carbocycles. The summed E-state index contributed by atoms with van der Waals surface area (Å²) in [6.07, 6.45) is 1.87. The molecule has 3 nitrogen and oxygen atoms in total. The van der Waals surface area contributed by atoms with E-state index in [9.17, 15) is 8.78 Å². The van der Waals surface area contributed by atoms with Gasteiger partial charge in [0.25, 0.3) is 0 Å². The second kappa shape index (κ2) is 7.63. The first-order valence-electron chi connectivity index (χ1n) is 7.22. The van der Waals surface area contributed by atoms with Gasteiger partial charge in [-0.25, -0.2) is 18.8 Å². The van der Waals surface area contributed by atoms with Gasteiger partial charge in [0.1, 0.15) is 5.84 Å². The summed E-state index contributed by atoms with van der Waals surface area (Å²) in [5.41, 5.74) is 0.784. The molecule has 2 unspecified atom stereocenters. The van der Waals surface area contributed by atoms with Gasteiger partial charge >= 0.3 is 0 Å². The smallest absolute Gasteiger partial charge is 0.188 e. The highest BCUT2D eigenvalue weighted by atomic mass is 32.2. The number of hydrogen-bond acceptors (Lipinski definition) is 2. The largest absolute Gasteiger partial charge is 0.267 e. The molecule has 0 N–H and O–H groups in total. The number of benzene rings is 1. The van der Waals surface area contributed by atoms with Gasteiger partial charge in [0.2, 0.25) is 0 Å². The zero-order chi connectivity index (χ0) is 16.1. The Labute approximate surface area is 133 Å². The zero-order valence-corrected chi connectivity index (χ0v) is 13.5. The molecule has 1 aliphatic rings. The quantitative estimate of drug-likeness (QED) is 0.596. The van der Waals surface area contributed by atoms with Gasteiger partial charge in [-0.05, 0) is 44.2 Å². The van der Waals surface area contributed by atoms with Crippen molar-refractivity contribution in [3.05, 3.63) is 35.4 Å². The van der Waals surface area contributed by atoms with Gasteiger partial charge in [0, 0.05) is 11.7 Å². The third kappa shape index (κ3) is 4.47. The third-order valence-electron chi connectivity index (χ3n) is 3.31. The van der Waals surface area contributed by atoms with Crippen molar-refractivity contribution in [3.63, 3.8) is 0 Å². The first-order valence-corrected chi connectivity index (χ1v) is 8.21. The Hall–Kier alpha value is -1.56. The Morgan fingerprint density at radius 3 is 2.77 bits per heavy atom. The Morgan fingerprint density at radius 1 is 1.36 bits per heavy atom. The first kappa shape index (κ1) is 16.8. The average Bonchev–Trinajstić information content (AvgIpc) is 3.25. The fourth-order valence-electron chi connectivity index (χ4n) is 2.14. The van der Waals surface area contributed by atoms with Gasteiger partial charge < -0.3 is 0 Å². The van der Waals surface area contributed by atoms with Crippen LogP contribution >= 0.6 is 11.8 Å². The SMILES string of the molecule is C=NC(=NC(C)=NC1CC1c1ccc(F)c(F)c1)SCCC. The predicted octanol–water partition coefficient (Wildman–Crippen LogP) is 4.44. The van der Waals surface area contributed by atoms with Gasteiger partial charge in [-0.3, -0.25) is 4.99 Å². The summed E-state index contributed by atoms with van der Waals surface area (Å²) in [7, 11) is 0. The molecular weight excluding hydrogens is 304 g/mol. The highest BCUT2D eigenvalue weighted by Gasteiger charge is 2.38. The molecule has 0 aromatic heterocycles. The van der Waals surface area contributed by atoms with Gasteiger partial charge in [-0.2, -0.15) is 0 Å². The van der Waals surface area contributed by atoms with Gasteiger partial charge in [-0.15, -0.1) is 0 Å². The van der Waals surface area contributed by atoms with E-state index < -0.39 is 11.6 Å². The molecule has 0 amide bonds. The number of thioether (sulfide) groups is 1. The van der Waals surface area contributed by atoms with Gasteiger partial charge in [0.05, 0.1) is 6.04 Å². The van der Waals surface area contributed by atoms with Crippen LogP contribution in [0.5, 0.6) is 0 Å². The normalized spacial score (nSPS) is 21.8. The average molecular weight is 323 g/mol. The Kier molecular flexibility index (Phi) is 5.83. The van der Waals surface area contributed by atoms with Crippen molar-refractivity contribution in [1.29, 1.82) is 0 Å². The predicted molar refractivity (Wildman–Crippen MR) is 90.3 cm³/mol. The van der Waals surface area contributed by atoms with E-state index in [-0.39, 0.29) is 12.0 Å². The highest BCUT2D eigenvalue weighted by molar-refractivity contribution is 8.13. The van der Waals surface area contributed by atoms with Crippen LogP contribution in [0.15, 0.2) is 33.2 Å². The van der Waals surface area contributed by atoms with Crippen LogP contribution in [0.1, 0.15) is 38.2 Å². The van der Waals surface area contributed by atoms with E-state index >= 15 is 0 Å². The summed E-state index contributed by atoms with van der Waals surface area (Å²) >= 11 is 1.55. The van der Waals surface area contributed by atoms with Gasteiger partial charge in [-0.1, -0.05) is 24.8 Å². The molecule has 1 fully saturated rings. The molecule has 1 aromatic rings. The molecular formula is C16H19F2N3S. The van der Waals surface area contributed by atoms with Crippen LogP contribution in [-0.4, -0.2) is 29.5 Å². The Balaban J connectivity index is 2.00. The van der Waals surface area contributed by atoms with E-state index in [0.717, 1.165) is 30.2 Å². The van der Waals surface area contributed by atoms with E-state index in [1.165, 1.54) is 6.07 Å². The second-order valence-corrected chi connectivity index (χ2v) is 6.22. The molecule has 118 valence electrons. The van der Waals surface area contributed by atoms with Crippen LogP contribution < -0.4 is 0 Å². The van der Waals surface area contributed by atoms with E-state index in [4.69, 9.17) is 0 Å². The summed E-state index contributed by atoms with van der Waals surface area (Å²) in [6.45, 7) is 7.41. The van der Waals surface area contributed by atoms with Crippen molar-refractivity contribution in [2.75, 3.05) is 5.75 Å². The van der Waals surface area contributed by atoms with E-state index in [1.807, 2.05) is 6.92 Å². The molecule has 6 heteroatoms. The fraction of sp³-hybridized carbons (Fsp3) is 0.438. The molecule has 1 saturated carbocycles. The summed E-state index contributed by atoms with van der Waals surface area (Å²) in [4.78, 5) is 12.7. The number of hydrogen-bond donors (Lipinski definition) is 0. The summed E-state index contributed by atoms with van der Waals surface area (Å²) in [6, 6.07) is 4.11. The molecule has 0 aliphatic heterocycles. The molecule has 2 rings (SSSR count). The number of halogens is 2. The molecule has 0 spiro atoms. The van der Waals surface area contributed by atoms with Crippen molar-refractivity contribution in [2.24, 2.45) is 15.0 Å². The summed E-state index contributed by atoms with van der Waals surface area (Å²) < 4.78 is 26.2. The van der Waals surface area contributed by atoms with E-state index in [1.54, 1.807) is 17.8 Å². The van der Waals surface area contributed by atoms with Crippen LogP contribution in [0.25, 0.3) is 0 Å². The van der Waals surface area contributed by atoms with E-state index in [0.29, 0.717) is 11.0 Å². The zero-order valence-electron chi connectivity index (χ0n) is 12.7. The molecule has 0 saturated heterocycles. The second-order valence-electron chi connectivity index (χ2n) is 5.16. The van der Waals surface area contributed by atoms with Crippen LogP contribution in [-0.2, 0) is 0 Å². The third-order valence-corrected chi connectivity index (χ3v) is 4.40. The van der Waals surface area contributed by atoms with Crippen molar-refractivity contribution >= 4 is 29.5 Å².